The molecule has 1 aromatic rings. The Labute approximate surface area is 120 Å². The van der Waals surface area contributed by atoms with E-state index in [1.165, 1.54) is 12.1 Å². The van der Waals surface area contributed by atoms with E-state index >= 15 is 0 Å². The second-order valence-electron chi connectivity index (χ2n) is 5.17. The Balaban J connectivity index is 2.91. The predicted octanol–water partition coefficient (Wildman–Crippen LogP) is 3.60. The van der Waals surface area contributed by atoms with Crippen molar-refractivity contribution in [1.29, 1.82) is 0 Å². The summed E-state index contributed by atoms with van der Waals surface area (Å²) in [5, 5.41) is 9.04. The average molecular weight is 277 g/mol. The van der Waals surface area contributed by atoms with Crippen LogP contribution in [-0.2, 0) is 0 Å². The van der Waals surface area contributed by atoms with Gasteiger partial charge in [-0.25, -0.2) is 4.79 Å². The number of carboxylic acids is 1. The number of Topliss-reactive ketones (excluding diaryl/α,β-unsaturated/α-hetero) is 1. The molecule has 0 amide bonds. The summed E-state index contributed by atoms with van der Waals surface area (Å²) in [7, 11) is 3.70. The number of ketones is 1. The van der Waals surface area contributed by atoms with Crippen LogP contribution in [0.3, 0.4) is 0 Å². The molecular formula is C16H23NO3. The van der Waals surface area contributed by atoms with Crippen molar-refractivity contribution in [2.45, 2.75) is 39.0 Å². The molecule has 1 rings (SSSR count). The van der Waals surface area contributed by atoms with Crippen molar-refractivity contribution in [1.82, 2.24) is 0 Å². The fourth-order valence-electron chi connectivity index (χ4n) is 2.13. The molecule has 0 bridgehead atoms. The Kier molecular flexibility index (Phi) is 6.22. The van der Waals surface area contributed by atoms with Crippen molar-refractivity contribution in [3.63, 3.8) is 0 Å². The maximum atomic E-state index is 12.3. The van der Waals surface area contributed by atoms with Gasteiger partial charge in [0, 0.05) is 31.8 Å². The smallest absolute Gasteiger partial charge is 0.335 e. The Morgan fingerprint density at radius 1 is 1.15 bits per heavy atom. The normalized spacial score (nSPS) is 10.3. The minimum atomic E-state index is -1.00. The summed E-state index contributed by atoms with van der Waals surface area (Å²) in [5.74, 6) is -0.983. The zero-order valence-corrected chi connectivity index (χ0v) is 12.5. The largest absolute Gasteiger partial charge is 0.478 e. The number of carbonyl (C=O) groups is 2. The third-order valence-corrected chi connectivity index (χ3v) is 3.28. The summed E-state index contributed by atoms with van der Waals surface area (Å²) in [6.07, 6.45) is 4.63. The van der Waals surface area contributed by atoms with Crippen LogP contribution in [0.2, 0.25) is 0 Å². The fraction of sp³-hybridized carbons (Fsp3) is 0.500. The van der Waals surface area contributed by atoms with Crippen LogP contribution >= 0.6 is 0 Å². The van der Waals surface area contributed by atoms with E-state index in [0.29, 0.717) is 12.0 Å². The lowest BCUT2D eigenvalue weighted by Gasteiger charge is -2.17. The highest BCUT2D eigenvalue weighted by atomic mass is 16.4. The van der Waals surface area contributed by atoms with E-state index in [1.54, 1.807) is 6.07 Å². The molecule has 20 heavy (non-hydrogen) atoms. The summed E-state index contributed by atoms with van der Waals surface area (Å²) in [6, 6.07) is 4.72. The van der Waals surface area contributed by atoms with Gasteiger partial charge in [0.15, 0.2) is 5.78 Å². The van der Waals surface area contributed by atoms with Crippen LogP contribution in [0.15, 0.2) is 18.2 Å². The summed E-state index contributed by atoms with van der Waals surface area (Å²) in [5.41, 5.74) is 1.44. The van der Waals surface area contributed by atoms with Crippen molar-refractivity contribution >= 4 is 17.4 Å². The molecule has 0 saturated carbocycles. The van der Waals surface area contributed by atoms with Gasteiger partial charge in [0.2, 0.25) is 0 Å². The van der Waals surface area contributed by atoms with Crippen LogP contribution in [0.5, 0.6) is 0 Å². The third-order valence-electron chi connectivity index (χ3n) is 3.28. The lowest BCUT2D eigenvalue weighted by molar-refractivity contribution is 0.0697. The van der Waals surface area contributed by atoms with Crippen LogP contribution in [0.4, 0.5) is 5.69 Å². The van der Waals surface area contributed by atoms with Crippen molar-refractivity contribution in [3.05, 3.63) is 29.3 Å². The van der Waals surface area contributed by atoms with E-state index in [2.05, 4.69) is 6.92 Å². The van der Waals surface area contributed by atoms with E-state index in [4.69, 9.17) is 5.11 Å². The number of rotatable bonds is 8. The zero-order valence-electron chi connectivity index (χ0n) is 12.5. The Hall–Kier alpha value is -1.84. The lowest BCUT2D eigenvalue weighted by Crippen LogP contribution is -2.15. The highest BCUT2D eigenvalue weighted by molar-refractivity contribution is 6.03. The number of nitrogens with zero attached hydrogens (tertiary/aromatic N) is 1. The molecule has 0 atom stereocenters. The van der Waals surface area contributed by atoms with Gasteiger partial charge in [0.05, 0.1) is 5.56 Å². The molecule has 1 N–H and O–H groups in total. The molecule has 0 aromatic heterocycles. The van der Waals surface area contributed by atoms with Gasteiger partial charge in [-0.05, 0) is 24.6 Å². The first-order chi connectivity index (χ1) is 9.47. The van der Waals surface area contributed by atoms with Crippen LogP contribution in [0.1, 0.15) is 59.7 Å². The maximum absolute atomic E-state index is 12.3. The van der Waals surface area contributed by atoms with Crippen molar-refractivity contribution in [3.8, 4) is 0 Å². The first-order valence-electron chi connectivity index (χ1n) is 7.05. The summed E-state index contributed by atoms with van der Waals surface area (Å²) < 4.78 is 0. The van der Waals surface area contributed by atoms with Crippen LogP contribution in [0, 0.1) is 0 Å². The molecule has 0 unspecified atom stereocenters. The van der Waals surface area contributed by atoms with Gasteiger partial charge < -0.3 is 10.0 Å². The second kappa shape index (κ2) is 7.68. The monoisotopic (exact) mass is 277 g/mol. The van der Waals surface area contributed by atoms with Gasteiger partial charge in [-0.2, -0.15) is 0 Å². The highest BCUT2D eigenvalue weighted by Crippen LogP contribution is 2.23. The lowest BCUT2D eigenvalue weighted by atomic mass is 10.00. The number of carboxylic acid groups (broad SMARTS) is 1. The molecule has 0 radical (unpaired) electrons. The number of unbranched alkanes of at least 4 members (excludes halogenated alkanes) is 3. The summed E-state index contributed by atoms with van der Waals surface area (Å²) in [4.78, 5) is 25.2. The van der Waals surface area contributed by atoms with E-state index in [1.807, 2.05) is 19.0 Å². The zero-order chi connectivity index (χ0) is 15.1. The molecule has 0 aliphatic rings. The van der Waals surface area contributed by atoms with Gasteiger partial charge in [-0.3, -0.25) is 4.79 Å². The number of aromatic carboxylic acids is 1. The number of carbonyl (C=O) groups excluding carboxylic acids is 1. The first kappa shape index (κ1) is 16.2. The maximum Gasteiger partial charge on any atom is 0.335 e. The Morgan fingerprint density at radius 2 is 1.85 bits per heavy atom. The fourth-order valence-corrected chi connectivity index (χ4v) is 2.13. The Morgan fingerprint density at radius 3 is 2.40 bits per heavy atom. The topological polar surface area (TPSA) is 57.6 Å². The van der Waals surface area contributed by atoms with Gasteiger partial charge in [-0.15, -0.1) is 0 Å². The molecule has 1 aromatic carbocycles. The van der Waals surface area contributed by atoms with Crippen LogP contribution < -0.4 is 4.90 Å². The molecule has 0 fully saturated rings. The number of benzene rings is 1. The van der Waals surface area contributed by atoms with E-state index in [0.717, 1.165) is 31.4 Å². The van der Waals surface area contributed by atoms with E-state index in [-0.39, 0.29) is 11.3 Å². The third kappa shape index (κ3) is 4.37. The summed E-state index contributed by atoms with van der Waals surface area (Å²) >= 11 is 0. The standard InChI is InChI=1S/C16H23NO3/c1-4-5-6-7-8-15(18)13-11-12(16(19)20)9-10-14(13)17(2)3/h9-11H,4-8H2,1-3H3,(H,19,20). The number of anilines is 1. The molecule has 0 heterocycles. The molecule has 0 aliphatic heterocycles. The SMILES string of the molecule is CCCCCCC(=O)c1cc(C(=O)O)ccc1N(C)C. The molecule has 0 aliphatic carbocycles. The minimum absolute atomic E-state index is 0.0212. The first-order valence-corrected chi connectivity index (χ1v) is 7.05. The summed E-state index contributed by atoms with van der Waals surface area (Å²) in [6.45, 7) is 2.13. The number of hydrogen-bond donors (Lipinski definition) is 1. The predicted molar refractivity (Wildman–Crippen MR) is 80.8 cm³/mol. The van der Waals surface area contributed by atoms with Crippen LogP contribution in [0.25, 0.3) is 0 Å². The molecule has 0 saturated heterocycles. The van der Waals surface area contributed by atoms with Crippen molar-refractivity contribution < 1.29 is 14.7 Å². The van der Waals surface area contributed by atoms with E-state index in [9.17, 15) is 9.59 Å². The molecule has 0 spiro atoms. The molecular weight excluding hydrogens is 254 g/mol. The van der Waals surface area contributed by atoms with Crippen LogP contribution in [-0.4, -0.2) is 31.0 Å². The average Bonchev–Trinajstić information content (AvgIpc) is 2.42. The number of hydrogen-bond acceptors (Lipinski definition) is 3. The Bertz CT molecular complexity index is 481. The molecule has 110 valence electrons. The van der Waals surface area contributed by atoms with Crippen molar-refractivity contribution in [2.75, 3.05) is 19.0 Å². The van der Waals surface area contributed by atoms with Gasteiger partial charge in [-0.1, -0.05) is 26.2 Å². The molecule has 4 heteroatoms. The van der Waals surface area contributed by atoms with Gasteiger partial charge >= 0.3 is 5.97 Å². The quantitative estimate of drug-likeness (QED) is 0.582. The molecule has 4 nitrogen and oxygen atoms in total. The van der Waals surface area contributed by atoms with Gasteiger partial charge in [0.25, 0.3) is 0 Å². The highest BCUT2D eigenvalue weighted by Gasteiger charge is 2.15. The van der Waals surface area contributed by atoms with Crippen molar-refractivity contribution in [2.24, 2.45) is 0 Å². The second-order valence-corrected chi connectivity index (χ2v) is 5.17. The minimum Gasteiger partial charge on any atom is -0.478 e. The van der Waals surface area contributed by atoms with E-state index < -0.39 is 5.97 Å². The van der Waals surface area contributed by atoms with Gasteiger partial charge in [0.1, 0.15) is 0 Å².